The molecule has 0 saturated heterocycles. The average Bonchev–Trinajstić information content (AvgIpc) is 2.45. The third kappa shape index (κ3) is 5.76. The zero-order chi connectivity index (χ0) is 15.8. The lowest BCUT2D eigenvalue weighted by molar-refractivity contribution is -0.127. The summed E-state index contributed by atoms with van der Waals surface area (Å²) in [4.78, 5) is 11.9. The van der Waals surface area contributed by atoms with Gasteiger partial charge in [0.05, 0.1) is 6.10 Å². The number of rotatable bonds is 8. The summed E-state index contributed by atoms with van der Waals surface area (Å²) in [7, 11) is 0. The van der Waals surface area contributed by atoms with Gasteiger partial charge >= 0.3 is 0 Å². The van der Waals surface area contributed by atoms with E-state index in [9.17, 15) is 9.90 Å². The normalized spacial score (nSPS) is 13.6. The highest BCUT2D eigenvalue weighted by atomic mass is 16.5. The van der Waals surface area contributed by atoms with Crippen LogP contribution in [0.4, 0.5) is 0 Å². The van der Waals surface area contributed by atoms with E-state index >= 15 is 0 Å². The van der Waals surface area contributed by atoms with Gasteiger partial charge in [0, 0.05) is 6.54 Å². The maximum atomic E-state index is 11.9. The predicted octanol–water partition coefficient (Wildman–Crippen LogP) is 3.12. The highest BCUT2D eigenvalue weighted by molar-refractivity contribution is 5.80. The Morgan fingerprint density at radius 3 is 2.62 bits per heavy atom. The number of benzene rings is 1. The third-order valence-corrected chi connectivity index (χ3v) is 3.43. The van der Waals surface area contributed by atoms with Crippen molar-refractivity contribution in [3.05, 3.63) is 29.3 Å². The van der Waals surface area contributed by atoms with Gasteiger partial charge in [-0.05, 0) is 50.5 Å². The molecule has 0 aromatic heterocycles. The molecule has 1 amide bonds. The molecule has 4 heteroatoms. The maximum Gasteiger partial charge on any atom is 0.260 e. The summed E-state index contributed by atoms with van der Waals surface area (Å²) in [6, 6.07) is 5.50. The van der Waals surface area contributed by atoms with Crippen LogP contribution in [-0.2, 0) is 4.79 Å². The van der Waals surface area contributed by atoms with Gasteiger partial charge in [0.2, 0.25) is 0 Å². The van der Waals surface area contributed by atoms with E-state index in [2.05, 4.69) is 12.2 Å². The molecule has 0 aliphatic rings. The maximum absolute atomic E-state index is 11.9. The van der Waals surface area contributed by atoms with Crippen LogP contribution in [0.5, 0.6) is 5.75 Å². The van der Waals surface area contributed by atoms with Crippen molar-refractivity contribution in [3.63, 3.8) is 0 Å². The molecular weight excluding hydrogens is 266 g/mol. The molecule has 0 aliphatic carbocycles. The van der Waals surface area contributed by atoms with Crippen LogP contribution >= 0.6 is 0 Å². The Bertz CT molecular complexity index is 457. The first-order valence-corrected chi connectivity index (χ1v) is 7.68. The van der Waals surface area contributed by atoms with Gasteiger partial charge in [-0.15, -0.1) is 0 Å². The van der Waals surface area contributed by atoms with Crippen molar-refractivity contribution < 1.29 is 14.6 Å². The summed E-state index contributed by atoms with van der Waals surface area (Å²) in [6.07, 6.45) is 2.23. The Labute approximate surface area is 127 Å². The standard InChI is InChI=1S/C17H27NO3/c1-5-6-7-10-18-17(20)14(4)21-16-9-8-15(13(3)19)11-12(16)2/h8-9,11,13-14,19H,5-7,10H2,1-4H3,(H,18,20). The highest BCUT2D eigenvalue weighted by Gasteiger charge is 2.15. The summed E-state index contributed by atoms with van der Waals surface area (Å²) < 4.78 is 5.70. The van der Waals surface area contributed by atoms with E-state index in [1.165, 1.54) is 0 Å². The molecule has 0 radical (unpaired) electrons. The minimum Gasteiger partial charge on any atom is -0.481 e. The van der Waals surface area contributed by atoms with Gasteiger partial charge in [0.1, 0.15) is 5.75 Å². The van der Waals surface area contributed by atoms with Gasteiger partial charge < -0.3 is 15.2 Å². The van der Waals surface area contributed by atoms with E-state index in [4.69, 9.17) is 4.74 Å². The molecule has 118 valence electrons. The Morgan fingerprint density at radius 1 is 1.33 bits per heavy atom. The van der Waals surface area contributed by atoms with Crippen LogP contribution in [0.25, 0.3) is 0 Å². The quantitative estimate of drug-likeness (QED) is 0.724. The Hall–Kier alpha value is -1.55. The van der Waals surface area contributed by atoms with E-state index in [1.54, 1.807) is 19.9 Å². The van der Waals surface area contributed by atoms with Crippen LogP contribution in [-0.4, -0.2) is 23.7 Å². The topological polar surface area (TPSA) is 58.6 Å². The molecule has 0 heterocycles. The number of hydrogen-bond acceptors (Lipinski definition) is 3. The number of aliphatic hydroxyl groups excluding tert-OH is 1. The zero-order valence-electron chi connectivity index (χ0n) is 13.5. The fourth-order valence-corrected chi connectivity index (χ4v) is 2.04. The van der Waals surface area contributed by atoms with Gasteiger partial charge in [-0.2, -0.15) is 0 Å². The zero-order valence-corrected chi connectivity index (χ0v) is 13.5. The summed E-state index contributed by atoms with van der Waals surface area (Å²) in [5.41, 5.74) is 1.76. The molecule has 1 aromatic rings. The number of aliphatic hydroxyl groups is 1. The Balaban J connectivity index is 2.54. The van der Waals surface area contributed by atoms with Gasteiger partial charge in [-0.25, -0.2) is 0 Å². The third-order valence-electron chi connectivity index (χ3n) is 3.43. The van der Waals surface area contributed by atoms with Crippen LogP contribution in [0.1, 0.15) is 57.3 Å². The number of amides is 1. The summed E-state index contributed by atoms with van der Waals surface area (Å²) in [5, 5.41) is 12.4. The molecule has 2 N–H and O–H groups in total. The summed E-state index contributed by atoms with van der Waals surface area (Å²) in [5.74, 6) is 0.584. The van der Waals surface area contributed by atoms with Crippen LogP contribution < -0.4 is 10.1 Å². The van der Waals surface area contributed by atoms with Gasteiger partial charge in [-0.3, -0.25) is 4.79 Å². The van der Waals surface area contributed by atoms with Crippen LogP contribution in [0, 0.1) is 6.92 Å². The minimum absolute atomic E-state index is 0.0925. The molecule has 0 fully saturated rings. The number of unbranched alkanes of at least 4 members (excludes halogenated alkanes) is 2. The first-order valence-electron chi connectivity index (χ1n) is 7.68. The smallest absolute Gasteiger partial charge is 0.260 e. The van der Waals surface area contributed by atoms with Crippen molar-refractivity contribution in [1.82, 2.24) is 5.32 Å². The summed E-state index contributed by atoms with van der Waals surface area (Å²) in [6.45, 7) is 8.21. The van der Waals surface area contributed by atoms with Crippen LogP contribution in [0.15, 0.2) is 18.2 Å². The number of nitrogens with one attached hydrogen (secondary N) is 1. The van der Waals surface area contributed by atoms with Crippen LogP contribution in [0.3, 0.4) is 0 Å². The van der Waals surface area contributed by atoms with E-state index in [0.717, 1.165) is 30.4 Å². The van der Waals surface area contributed by atoms with Crippen LogP contribution in [0.2, 0.25) is 0 Å². The monoisotopic (exact) mass is 293 g/mol. The first-order chi connectivity index (χ1) is 9.95. The molecular formula is C17H27NO3. The first kappa shape index (κ1) is 17.5. The molecule has 1 rings (SSSR count). The number of carbonyl (C=O) groups is 1. The van der Waals surface area contributed by atoms with Crippen molar-refractivity contribution in [3.8, 4) is 5.75 Å². The predicted molar refractivity (Wildman–Crippen MR) is 84.4 cm³/mol. The molecule has 0 bridgehead atoms. The molecule has 0 aliphatic heterocycles. The Kier molecular flexibility index (Phi) is 7.23. The van der Waals surface area contributed by atoms with Gasteiger partial charge in [0.25, 0.3) is 5.91 Å². The minimum atomic E-state index is -0.525. The molecule has 0 spiro atoms. The SMILES string of the molecule is CCCCCNC(=O)C(C)Oc1ccc(C(C)O)cc1C. The molecule has 0 saturated carbocycles. The van der Waals surface area contributed by atoms with Gasteiger partial charge in [0.15, 0.2) is 6.10 Å². The van der Waals surface area contributed by atoms with E-state index in [0.29, 0.717) is 12.3 Å². The van der Waals surface area contributed by atoms with E-state index in [-0.39, 0.29) is 5.91 Å². The van der Waals surface area contributed by atoms with E-state index < -0.39 is 12.2 Å². The molecule has 21 heavy (non-hydrogen) atoms. The molecule has 2 atom stereocenters. The number of ether oxygens (including phenoxy) is 1. The van der Waals surface area contributed by atoms with Crippen molar-refractivity contribution in [2.75, 3.05) is 6.54 Å². The second-order valence-corrected chi connectivity index (χ2v) is 5.46. The largest absolute Gasteiger partial charge is 0.481 e. The van der Waals surface area contributed by atoms with Crippen molar-refractivity contribution in [2.24, 2.45) is 0 Å². The Morgan fingerprint density at radius 2 is 2.05 bits per heavy atom. The molecule has 1 aromatic carbocycles. The van der Waals surface area contributed by atoms with Crippen molar-refractivity contribution in [2.45, 2.75) is 59.2 Å². The average molecular weight is 293 g/mol. The highest BCUT2D eigenvalue weighted by Crippen LogP contribution is 2.23. The lowest BCUT2D eigenvalue weighted by Crippen LogP contribution is -2.36. The second-order valence-electron chi connectivity index (χ2n) is 5.46. The summed E-state index contributed by atoms with van der Waals surface area (Å²) >= 11 is 0. The van der Waals surface area contributed by atoms with Gasteiger partial charge in [-0.1, -0.05) is 25.8 Å². The number of aryl methyl sites for hydroxylation is 1. The fourth-order valence-electron chi connectivity index (χ4n) is 2.04. The molecule has 2 unspecified atom stereocenters. The fraction of sp³-hybridized carbons (Fsp3) is 0.588. The second kappa shape index (κ2) is 8.67. The van der Waals surface area contributed by atoms with Crippen molar-refractivity contribution >= 4 is 5.91 Å². The van der Waals surface area contributed by atoms with Crippen molar-refractivity contribution in [1.29, 1.82) is 0 Å². The lowest BCUT2D eigenvalue weighted by Gasteiger charge is -2.17. The van der Waals surface area contributed by atoms with E-state index in [1.807, 2.05) is 19.1 Å². The lowest BCUT2D eigenvalue weighted by atomic mass is 10.1. The number of carbonyl (C=O) groups excluding carboxylic acids is 1. The molecule has 4 nitrogen and oxygen atoms in total. The number of hydrogen-bond donors (Lipinski definition) is 2.